The van der Waals surface area contributed by atoms with E-state index < -0.39 is 0 Å². The first kappa shape index (κ1) is 10.0. The van der Waals surface area contributed by atoms with E-state index >= 15 is 0 Å². The number of morpholine rings is 1. The van der Waals surface area contributed by atoms with Gasteiger partial charge in [-0.15, -0.1) is 0 Å². The van der Waals surface area contributed by atoms with E-state index in [1.54, 1.807) is 6.20 Å². The first-order valence-corrected chi connectivity index (χ1v) is 4.74. The van der Waals surface area contributed by atoms with Gasteiger partial charge < -0.3 is 15.4 Å². The molecule has 1 aromatic heterocycles. The third-order valence-electron chi connectivity index (χ3n) is 2.05. The number of nitrogens with zero attached hydrogens (tertiary/aromatic N) is 2. The molecule has 0 saturated carbocycles. The molecule has 6 nitrogen and oxygen atoms in total. The number of carbonyl (C=O) groups is 1. The van der Waals surface area contributed by atoms with Crippen molar-refractivity contribution in [3.8, 4) is 0 Å². The smallest absolute Gasteiger partial charge is 0.245 e. The monoisotopic (exact) mass is 208 g/mol. The van der Waals surface area contributed by atoms with Crippen molar-refractivity contribution in [3.05, 3.63) is 18.6 Å². The van der Waals surface area contributed by atoms with E-state index in [4.69, 9.17) is 4.74 Å². The van der Waals surface area contributed by atoms with E-state index in [9.17, 15) is 4.79 Å². The van der Waals surface area contributed by atoms with Crippen molar-refractivity contribution >= 4 is 11.7 Å². The number of ether oxygens (including phenoxy) is 1. The molecule has 2 N–H and O–H groups in total. The molecule has 1 unspecified atom stereocenters. The lowest BCUT2D eigenvalue weighted by molar-refractivity contribution is -0.120. The summed E-state index contributed by atoms with van der Waals surface area (Å²) >= 11 is 0. The van der Waals surface area contributed by atoms with Crippen molar-refractivity contribution in [1.29, 1.82) is 0 Å². The predicted octanol–water partition coefficient (Wildman–Crippen LogP) is -0.597. The van der Waals surface area contributed by atoms with E-state index in [1.807, 2.05) is 0 Å². The Labute approximate surface area is 87.1 Å². The Balaban J connectivity index is 1.91. The number of anilines is 1. The topological polar surface area (TPSA) is 76.1 Å². The van der Waals surface area contributed by atoms with Gasteiger partial charge in [-0.1, -0.05) is 0 Å². The zero-order chi connectivity index (χ0) is 10.5. The summed E-state index contributed by atoms with van der Waals surface area (Å²) in [7, 11) is 0. The van der Waals surface area contributed by atoms with Gasteiger partial charge in [0.15, 0.2) is 5.82 Å². The van der Waals surface area contributed by atoms with Gasteiger partial charge in [-0.05, 0) is 0 Å². The maximum absolute atomic E-state index is 11.6. The van der Waals surface area contributed by atoms with E-state index in [0.29, 0.717) is 25.6 Å². The van der Waals surface area contributed by atoms with Crippen molar-refractivity contribution < 1.29 is 9.53 Å². The molecule has 80 valence electrons. The Bertz CT molecular complexity index is 324. The van der Waals surface area contributed by atoms with E-state index in [2.05, 4.69) is 20.6 Å². The van der Waals surface area contributed by atoms with Gasteiger partial charge in [0.2, 0.25) is 5.91 Å². The number of hydrogen-bond donors (Lipinski definition) is 2. The number of aromatic nitrogens is 2. The summed E-state index contributed by atoms with van der Waals surface area (Å²) in [5, 5.41) is 5.71. The summed E-state index contributed by atoms with van der Waals surface area (Å²) in [6.07, 6.45) is 4.58. The van der Waals surface area contributed by atoms with Gasteiger partial charge in [-0.3, -0.25) is 9.78 Å². The van der Waals surface area contributed by atoms with Crippen LogP contribution in [0, 0.1) is 0 Å². The highest BCUT2D eigenvalue weighted by atomic mass is 16.5. The highest BCUT2D eigenvalue weighted by Crippen LogP contribution is 2.00. The van der Waals surface area contributed by atoms with Gasteiger partial charge in [-0.25, -0.2) is 4.98 Å². The normalized spacial score (nSPS) is 20.9. The Morgan fingerprint density at radius 1 is 1.60 bits per heavy atom. The predicted molar refractivity (Wildman–Crippen MR) is 53.3 cm³/mol. The van der Waals surface area contributed by atoms with Crippen LogP contribution in [0.4, 0.5) is 5.82 Å². The van der Waals surface area contributed by atoms with E-state index in [-0.39, 0.29) is 11.9 Å². The fourth-order valence-electron chi connectivity index (χ4n) is 1.31. The van der Waals surface area contributed by atoms with Crippen molar-refractivity contribution in [3.63, 3.8) is 0 Å². The number of hydrogen-bond acceptors (Lipinski definition) is 5. The number of carbonyl (C=O) groups excluding carboxylic acids is 1. The second-order valence-corrected chi connectivity index (χ2v) is 3.16. The second kappa shape index (κ2) is 4.81. The molecule has 1 amide bonds. The molecule has 6 heteroatoms. The molecule has 2 heterocycles. The summed E-state index contributed by atoms with van der Waals surface area (Å²) in [5.74, 6) is 0.310. The van der Waals surface area contributed by atoms with Crippen LogP contribution in [0.5, 0.6) is 0 Å². The highest BCUT2D eigenvalue weighted by molar-refractivity contribution is 5.94. The number of rotatable bonds is 2. The van der Waals surface area contributed by atoms with Gasteiger partial charge in [0.05, 0.1) is 19.4 Å². The van der Waals surface area contributed by atoms with Crippen molar-refractivity contribution in [2.24, 2.45) is 0 Å². The maximum Gasteiger partial charge on any atom is 0.245 e. The molecule has 1 aliphatic heterocycles. The number of nitrogens with one attached hydrogen (secondary N) is 2. The van der Waals surface area contributed by atoms with Crippen LogP contribution < -0.4 is 10.6 Å². The average Bonchev–Trinajstić information content (AvgIpc) is 2.31. The molecular weight excluding hydrogens is 196 g/mol. The van der Waals surface area contributed by atoms with Crippen molar-refractivity contribution in [1.82, 2.24) is 15.3 Å². The van der Waals surface area contributed by atoms with Crippen LogP contribution >= 0.6 is 0 Å². The molecular formula is C9H12N4O2. The van der Waals surface area contributed by atoms with Crippen LogP contribution in [-0.4, -0.2) is 41.7 Å². The molecule has 1 atom stereocenters. The lowest BCUT2D eigenvalue weighted by atomic mass is 10.2. The Morgan fingerprint density at radius 2 is 2.53 bits per heavy atom. The molecule has 0 aromatic carbocycles. The van der Waals surface area contributed by atoms with Crippen LogP contribution in [0.25, 0.3) is 0 Å². The van der Waals surface area contributed by atoms with Gasteiger partial charge >= 0.3 is 0 Å². The molecule has 1 saturated heterocycles. The standard InChI is InChI=1S/C9H12N4O2/c14-9(7-6-15-4-3-11-7)13-8-5-10-1-2-12-8/h1-2,5,7,11H,3-4,6H2,(H,12,13,14). The van der Waals surface area contributed by atoms with Gasteiger partial charge in [0.25, 0.3) is 0 Å². The number of amides is 1. The summed E-state index contributed by atoms with van der Waals surface area (Å²) < 4.78 is 5.18. The second-order valence-electron chi connectivity index (χ2n) is 3.16. The quantitative estimate of drug-likeness (QED) is 0.679. The van der Waals surface area contributed by atoms with Crippen LogP contribution in [0.15, 0.2) is 18.6 Å². The Kier molecular flexibility index (Phi) is 3.21. The minimum atomic E-state index is -0.305. The summed E-state index contributed by atoms with van der Waals surface area (Å²) in [6, 6.07) is -0.305. The Hall–Kier alpha value is -1.53. The lowest BCUT2D eigenvalue weighted by Crippen LogP contribution is -2.48. The van der Waals surface area contributed by atoms with E-state index in [1.165, 1.54) is 12.4 Å². The van der Waals surface area contributed by atoms with Crippen LogP contribution in [-0.2, 0) is 9.53 Å². The molecule has 2 rings (SSSR count). The molecule has 1 aliphatic rings. The fraction of sp³-hybridized carbons (Fsp3) is 0.444. The molecule has 1 fully saturated rings. The van der Waals surface area contributed by atoms with Crippen molar-refractivity contribution in [2.75, 3.05) is 25.1 Å². The summed E-state index contributed by atoms with van der Waals surface area (Å²) in [4.78, 5) is 19.5. The van der Waals surface area contributed by atoms with Crippen LogP contribution in [0.2, 0.25) is 0 Å². The van der Waals surface area contributed by atoms with Crippen LogP contribution in [0.3, 0.4) is 0 Å². The zero-order valence-electron chi connectivity index (χ0n) is 8.14. The molecule has 0 aliphatic carbocycles. The zero-order valence-corrected chi connectivity index (χ0v) is 8.14. The minimum Gasteiger partial charge on any atom is -0.378 e. The first-order chi connectivity index (χ1) is 7.36. The van der Waals surface area contributed by atoms with Gasteiger partial charge in [0, 0.05) is 18.9 Å². The molecule has 1 aromatic rings. The van der Waals surface area contributed by atoms with Crippen LogP contribution in [0.1, 0.15) is 0 Å². The maximum atomic E-state index is 11.6. The Morgan fingerprint density at radius 3 is 3.20 bits per heavy atom. The van der Waals surface area contributed by atoms with Gasteiger partial charge in [-0.2, -0.15) is 0 Å². The SMILES string of the molecule is O=C(Nc1cnccn1)C1COCCN1. The average molecular weight is 208 g/mol. The van der Waals surface area contributed by atoms with Gasteiger partial charge in [0.1, 0.15) is 6.04 Å². The molecule has 0 bridgehead atoms. The lowest BCUT2D eigenvalue weighted by Gasteiger charge is -2.22. The van der Waals surface area contributed by atoms with E-state index in [0.717, 1.165) is 0 Å². The summed E-state index contributed by atoms with van der Waals surface area (Å²) in [5.41, 5.74) is 0. The minimum absolute atomic E-state index is 0.143. The third kappa shape index (κ3) is 2.71. The third-order valence-corrected chi connectivity index (χ3v) is 2.05. The molecule has 15 heavy (non-hydrogen) atoms. The van der Waals surface area contributed by atoms with Crippen molar-refractivity contribution in [2.45, 2.75) is 6.04 Å². The largest absolute Gasteiger partial charge is 0.378 e. The summed E-state index contributed by atoms with van der Waals surface area (Å²) in [6.45, 7) is 1.74. The molecule has 0 spiro atoms. The first-order valence-electron chi connectivity index (χ1n) is 4.74. The molecule has 0 radical (unpaired) electrons. The highest BCUT2D eigenvalue weighted by Gasteiger charge is 2.21. The fourth-order valence-corrected chi connectivity index (χ4v) is 1.31.